The number of para-hydroxylation sites is 1. The molecule has 2 rings (SSSR count). The van der Waals surface area contributed by atoms with Crippen LogP contribution in [0.25, 0.3) is 0 Å². The maximum atomic E-state index is 13.6. The molecule has 18 heavy (non-hydrogen) atoms. The zero-order valence-corrected chi connectivity index (χ0v) is 11.7. The number of halogens is 2. The Kier molecular flexibility index (Phi) is 4.19. The molecule has 0 bridgehead atoms. The largest absolute Gasteiger partial charge is 0.483 e. The topological polar surface area (TPSA) is 22.1 Å². The lowest BCUT2D eigenvalue weighted by atomic mass is 10.2. The van der Waals surface area contributed by atoms with Crippen LogP contribution in [0, 0.1) is 19.7 Å². The summed E-state index contributed by atoms with van der Waals surface area (Å²) in [6.45, 7) is 4.22. The van der Waals surface area contributed by atoms with Gasteiger partial charge >= 0.3 is 0 Å². The summed E-state index contributed by atoms with van der Waals surface area (Å²) >= 11 is 7.32. The quantitative estimate of drug-likeness (QED) is 0.785. The van der Waals surface area contributed by atoms with Crippen molar-refractivity contribution in [1.29, 1.82) is 0 Å². The Labute approximate surface area is 114 Å². The lowest BCUT2D eigenvalue weighted by Gasteiger charge is -2.09. The van der Waals surface area contributed by atoms with Crippen LogP contribution in [0.5, 0.6) is 5.75 Å². The molecule has 96 valence electrons. The number of benzene rings is 1. The van der Waals surface area contributed by atoms with Crippen LogP contribution in [-0.4, -0.2) is 4.98 Å². The van der Waals surface area contributed by atoms with Crippen molar-refractivity contribution in [2.75, 3.05) is 0 Å². The molecule has 0 N–H and O–H groups in total. The van der Waals surface area contributed by atoms with E-state index < -0.39 is 5.82 Å². The van der Waals surface area contributed by atoms with E-state index in [1.807, 2.05) is 13.8 Å². The van der Waals surface area contributed by atoms with E-state index in [9.17, 15) is 4.39 Å². The maximum Gasteiger partial charge on any atom is 0.165 e. The Bertz CT molecular complexity index is 536. The highest BCUT2D eigenvalue weighted by molar-refractivity contribution is 7.11. The summed E-state index contributed by atoms with van der Waals surface area (Å²) in [7, 11) is 0. The van der Waals surface area contributed by atoms with Gasteiger partial charge in [-0.25, -0.2) is 9.37 Å². The van der Waals surface area contributed by atoms with Crippen molar-refractivity contribution < 1.29 is 9.13 Å². The third-order valence-electron chi connectivity index (χ3n) is 2.61. The fourth-order valence-electron chi connectivity index (χ4n) is 1.56. The second kappa shape index (κ2) is 5.67. The smallest absolute Gasteiger partial charge is 0.165 e. The maximum absolute atomic E-state index is 13.6. The van der Waals surface area contributed by atoms with Crippen molar-refractivity contribution in [2.24, 2.45) is 0 Å². The minimum absolute atomic E-state index is 0.220. The summed E-state index contributed by atoms with van der Waals surface area (Å²) in [5.41, 5.74) is 1.64. The van der Waals surface area contributed by atoms with Crippen molar-refractivity contribution >= 4 is 22.9 Å². The van der Waals surface area contributed by atoms with E-state index in [0.29, 0.717) is 5.56 Å². The summed E-state index contributed by atoms with van der Waals surface area (Å²) < 4.78 is 19.1. The van der Waals surface area contributed by atoms with Crippen molar-refractivity contribution in [3.63, 3.8) is 0 Å². The lowest BCUT2D eigenvalue weighted by Crippen LogP contribution is -2.00. The van der Waals surface area contributed by atoms with Crippen molar-refractivity contribution in [3.8, 4) is 5.75 Å². The highest BCUT2D eigenvalue weighted by atomic mass is 35.5. The van der Waals surface area contributed by atoms with Gasteiger partial charge in [-0.3, -0.25) is 0 Å². The van der Waals surface area contributed by atoms with Gasteiger partial charge in [-0.15, -0.1) is 22.9 Å². The van der Waals surface area contributed by atoms with Crippen LogP contribution in [0.3, 0.4) is 0 Å². The van der Waals surface area contributed by atoms with E-state index in [-0.39, 0.29) is 18.2 Å². The van der Waals surface area contributed by atoms with Crippen LogP contribution >= 0.6 is 22.9 Å². The molecule has 0 aliphatic carbocycles. The molecule has 0 aliphatic rings. The summed E-state index contributed by atoms with van der Waals surface area (Å²) in [5, 5.41) is 0.841. The first-order valence-electron chi connectivity index (χ1n) is 5.51. The zero-order chi connectivity index (χ0) is 13.1. The number of aryl methyl sites for hydroxylation is 2. The van der Waals surface area contributed by atoms with Crippen molar-refractivity contribution in [3.05, 3.63) is 45.2 Å². The van der Waals surface area contributed by atoms with E-state index in [1.165, 1.54) is 6.07 Å². The van der Waals surface area contributed by atoms with Gasteiger partial charge in [-0.2, -0.15) is 0 Å². The number of hydrogen-bond acceptors (Lipinski definition) is 3. The predicted molar refractivity (Wildman–Crippen MR) is 71.9 cm³/mol. The first-order valence-corrected chi connectivity index (χ1v) is 6.86. The number of rotatable bonds is 4. The number of nitrogens with zero attached hydrogens (tertiary/aromatic N) is 1. The molecule has 0 saturated heterocycles. The van der Waals surface area contributed by atoms with Crippen LogP contribution in [0.4, 0.5) is 4.39 Å². The van der Waals surface area contributed by atoms with Crippen LogP contribution in [-0.2, 0) is 12.5 Å². The summed E-state index contributed by atoms with van der Waals surface area (Å²) in [6, 6.07) is 4.74. The molecule has 0 aliphatic heterocycles. The Balaban J connectivity index is 2.15. The van der Waals surface area contributed by atoms with Gasteiger partial charge < -0.3 is 4.74 Å². The Hall–Kier alpha value is -1.13. The normalized spacial score (nSPS) is 10.7. The van der Waals surface area contributed by atoms with E-state index >= 15 is 0 Å². The molecule has 2 nitrogen and oxygen atoms in total. The average Bonchev–Trinajstić information content (AvgIpc) is 2.67. The number of thiazole rings is 1. The molecule has 1 aromatic heterocycles. The molecular weight excluding hydrogens is 273 g/mol. The molecule has 0 amide bonds. The van der Waals surface area contributed by atoms with E-state index in [0.717, 1.165) is 15.6 Å². The van der Waals surface area contributed by atoms with Crippen LogP contribution < -0.4 is 4.74 Å². The second-order valence-corrected chi connectivity index (χ2v) is 5.45. The highest BCUT2D eigenvalue weighted by Crippen LogP contribution is 2.26. The zero-order valence-electron chi connectivity index (χ0n) is 10.2. The average molecular weight is 286 g/mol. The Morgan fingerprint density at radius 2 is 2.17 bits per heavy atom. The molecule has 5 heteroatoms. The van der Waals surface area contributed by atoms with E-state index in [1.54, 1.807) is 23.5 Å². The molecule has 0 radical (unpaired) electrons. The Morgan fingerprint density at radius 1 is 1.39 bits per heavy atom. The van der Waals surface area contributed by atoms with Crippen LogP contribution in [0.2, 0.25) is 0 Å². The molecule has 2 aromatic rings. The highest BCUT2D eigenvalue weighted by Gasteiger charge is 2.11. The summed E-state index contributed by atoms with van der Waals surface area (Å²) in [4.78, 5) is 5.50. The first kappa shape index (κ1) is 13.3. The molecule has 0 unspecified atom stereocenters. The number of ether oxygens (including phenoxy) is 1. The van der Waals surface area contributed by atoms with Crippen molar-refractivity contribution in [1.82, 2.24) is 4.98 Å². The monoisotopic (exact) mass is 285 g/mol. The van der Waals surface area contributed by atoms with Gasteiger partial charge in [0.25, 0.3) is 0 Å². The third-order valence-corrected chi connectivity index (χ3v) is 3.94. The minimum Gasteiger partial charge on any atom is -0.483 e. The van der Waals surface area contributed by atoms with E-state index in [4.69, 9.17) is 16.3 Å². The summed E-state index contributed by atoms with van der Waals surface area (Å²) in [6.07, 6.45) is 0. The van der Waals surface area contributed by atoms with Crippen molar-refractivity contribution in [2.45, 2.75) is 26.3 Å². The van der Waals surface area contributed by atoms with E-state index in [2.05, 4.69) is 4.98 Å². The standard InChI is InChI=1S/C13H13ClFNOS/c1-8-9(2)18-12(16-8)7-17-13-10(6-14)4-3-5-11(13)15/h3-5H,6-7H2,1-2H3. The number of aromatic nitrogens is 1. The van der Waals surface area contributed by atoms with Gasteiger partial charge in [-0.05, 0) is 19.9 Å². The SMILES string of the molecule is Cc1nc(COc2c(F)cccc2CCl)sc1C. The second-order valence-electron chi connectivity index (χ2n) is 3.90. The van der Waals surface area contributed by atoms with Gasteiger partial charge in [0.1, 0.15) is 11.6 Å². The van der Waals surface area contributed by atoms with Crippen LogP contribution in [0.1, 0.15) is 21.1 Å². The van der Waals surface area contributed by atoms with Gasteiger partial charge in [-0.1, -0.05) is 12.1 Å². The summed E-state index contributed by atoms with van der Waals surface area (Å²) in [5.74, 6) is 0.0550. The molecular formula is C13H13ClFNOS. The number of hydrogen-bond donors (Lipinski definition) is 0. The Morgan fingerprint density at radius 3 is 2.78 bits per heavy atom. The van der Waals surface area contributed by atoms with Gasteiger partial charge in [0.05, 0.1) is 11.6 Å². The molecule has 0 atom stereocenters. The predicted octanol–water partition coefficient (Wildman–Crippen LogP) is 4.22. The number of alkyl halides is 1. The fourth-order valence-corrected chi connectivity index (χ4v) is 2.61. The third kappa shape index (κ3) is 2.82. The van der Waals surface area contributed by atoms with Gasteiger partial charge in [0.15, 0.2) is 11.6 Å². The molecule has 0 spiro atoms. The minimum atomic E-state index is -0.391. The molecule has 1 aromatic carbocycles. The molecule has 0 saturated carbocycles. The first-order chi connectivity index (χ1) is 8.61. The van der Waals surface area contributed by atoms with Gasteiger partial charge in [0, 0.05) is 10.4 Å². The van der Waals surface area contributed by atoms with Gasteiger partial charge in [0.2, 0.25) is 0 Å². The van der Waals surface area contributed by atoms with Crippen LogP contribution in [0.15, 0.2) is 18.2 Å². The molecule has 1 heterocycles. The fraction of sp³-hybridized carbons (Fsp3) is 0.308. The molecule has 0 fully saturated rings. The lowest BCUT2D eigenvalue weighted by molar-refractivity contribution is 0.287.